The number of hydrogen-bond donors (Lipinski definition) is 0. The van der Waals surface area contributed by atoms with Crippen molar-refractivity contribution in [3.8, 4) is 0 Å². The predicted octanol–water partition coefficient (Wildman–Crippen LogP) is 1.97. The molecule has 0 heterocycles. The molecule has 0 aliphatic rings. The van der Waals surface area contributed by atoms with Crippen LogP contribution in [0.15, 0.2) is 24.3 Å². The van der Waals surface area contributed by atoms with Gasteiger partial charge in [0.25, 0.3) is 0 Å². The van der Waals surface area contributed by atoms with Gasteiger partial charge < -0.3 is 0 Å². The zero-order chi connectivity index (χ0) is 5.11. The Hall–Kier alpha value is 0.727. The van der Waals surface area contributed by atoms with Gasteiger partial charge in [0, 0.05) is 41.7 Å². The maximum atomic E-state index is 2.16. The summed E-state index contributed by atoms with van der Waals surface area (Å²) in [5.74, 6) is 0. The zero-order valence-electron chi connectivity index (χ0n) is 5.02. The molecular weight excluding hydrogens is 224 g/mol. The summed E-state index contributed by atoms with van der Waals surface area (Å²) in [6.45, 7) is 2.16. The standard InChI is InChI=1S/C7H9.Ce/c1-2-7-5-3-4-6-7;/h3-6H,2H2,1H3;/q-1;. The van der Waals surface area contributed by atoms with Gasteiger partial charge in [-0.3, -0.25) is 0 Å². The molecule has 0 radical (unpaired) electrons. The van der Waals surface area contributed by atoms with Crippen LogP contribution >= 0.6 is 0 Å². The topological polar surface area (TPSA) is 0 Å². The van der Waals surface area contributed by atoms with E-state index >= 15 is 0 Å². The average Bonchev–Trinajstić information content (AvgIpc) is 2.14. The van der Waals surface area contributed by atoms with Crippen molar-refractivity contribution in [2.45, 2.75) is 13.3 Å². The summed E-state index contributed by atoms with van der Waals surface area (Å²) in [5.41, 5.74) is 1.43. The Labute approximate surface area is 84.0 Å². The van der Waals surface area contributed by atoms with Crippen molar-refractivity contribution in [1.82, 2.24) is 0 Å². The van der Waals surface area contributed by atoms with Crippen molar-refractivity contribution < 1.29 is 41.7 Å². The predicted molar refractivity (Wildman–Crippen MR) is 31.4 cm³/mol. The van der Waals surface area contributed by atoms with Crippen LogP contribution in [0.2, 0.25) is 0 Å². The van der Waals surface area contributed by atoms with Crippen molar-refractivity contribution in [2.24, 2.45) is 0 Å². The van der Waals surface area contributed by atoms with Gasteiger partial charge in [0.15, 0.2) is 0 Å². The molecule has 1 aromatic rings. The Bertz CT molecular complexity index is 119. The van der Waals surface area contributed by atoms with E-state index in [-0.39, 0.29) is 41.7 Å². The molecule has 0 spiro atoms. The van der Waals surface area contributed by atoms with Gasteiger partial charge in [-0.05, 0) is 0 Å². The number of rotatable bonds is 1. The van der Waals surface area contributed by atoms with Gasteiger partial charge in [0.1, 0.15) is 0 Å². The molecule has 0 aliphatic carbocycles. The second kappa shape index (κ2) is 4.59. The van der Waals surface area contributed by atoms with Gasteiger partial charge in [-0.25, -0.2) is 12.1 Å². The molecule has 0 saturated heterocycles. The van der Waals surface area contributed by atoms with Crippen LogP contribution in [0.4, 0.5) is 0 Å². The van der Waals surface area contributed by atoms with Gasteiger partial charge in [-0.15, -0.1) is 0 Å². The van der Waals surface area contributed by atoms with Crippen molar-refractivity contribution in [2.75, 3.05) is 0 Å². The van der Waals surface area contributed by atoms with Crippen molar-refractivity contribution in [3.63, 3.8) is 0 Å². The molecule has 1 rings (SSSR count). The fraction of sp³-hybridized carbons (Fsp3) is 0.286. The van der Waals surface area contributed by atoms with E-state index in [1.54, 1.807) is 0 Å². The van der Waals surface area contributed by atoms with E-state index in [1.165, 1.54) is 5.56 Å². The van der Waals surface area contributed by atoms with Crippen LogP contribution in [0.25, 0.3) is 0 Å². The molecule has 0 N–H and O–H groups in total. The summed E-state index contributed by atoms with van der Waals surface area (Å²) in [5, 5.41) is 0. The molecule has 0 atom stereocenters. The van der Waals surface area contributed by atoms with Crippen molar-refractivity contribution in [1.29, 1.82) is 0 Å². The van der Waals surface area contributed by atoms with Crippen LogP contribution in [0.5, 0.6) is 0 Å². The van der Waals surface area contributed by atoms with Crippen LogP contribution in [0, 0.1) is 41.7 Å². The summed E-state index contributed by atoms with van der Waals surface area (Å²) < 4.78 is 0. The van der Waals surface area contributed by atoms with Crippen LogP contribution < -0.4 is 0 Å². The first kappa shape index (κ1) is 8.73. The summed E-state index contributed by atoms with van der Waals surface area (Å²) in [6.07, 6.45) is 1.16. The van der Waals surface area contributed by atoms with Crippen molar-refractivity contribution in [3.05, 3.63) is 29.8 Å². The maximum Gasteiger partial charge on any atom is 0 e. The third kappa shape index (κ3) is 2.33. The Balaban J connectivity index is 0.000000490. The first-order chi connectivity index (χ1) is 3.43. The smallest absolute Gasteiger partial charge is 0 e. The minimum Gasteiger partial charge on any atom is -0.213 e. The molecule has 0 aliphatic heterocycles. The van der Waals surface area contributed by atoms with Crippen molar-refractivity contribution >= 4 is 0 Å². The molecule has 42 valence electrons. The maximum absolute atomic E-state index is 2.16. The minimum absolute atomic E-state index is 0. The van der Waals surface area contributed by atoms with Crippen LogP contribution in [-0.2, 0) is 6.42 Å². The minimum atomic E-state index is 0. The van der Waals surface area contributed by atoms with E-state index in [2.05, 4.69) is 31.2 Å². The second-order valence-corrected chi connectivity index (χ2v) is 1.65. The molecule has 0 unspecified atom stereocenters. The largest absolute Gasteiger partial charge is 0.213 e. The molecule has 0 saturated carbocycles. The fourth-order valence-electron chi connectivity index (χ4n) is 0.650. The molecule has 0 fully saturated rings. The van der Waals surface area contributed by atoms with Gasteiger partial charge in [0.05, 0.1) is 0 Å². The van der Waals surface area contributed by atoms with E-state index < -0.39 is 0 Å². The molecule has 0 nitrogen and oxygen atoms in total. The van der Waals surface area contributed by atoms with Gasteiger partial charge in [0.2, 0.25) is 0 Å². The first-order valence-electron chi connectivity index (χ1n) is 2.64. The molecule has 1 heteroatoms. The van der Waals surface area contributed by atoms with Crippen LogP contribution in [0.1, 0.15) is 12.5 Å². The third-order valence-corrected chi connectivity index (χ3v) is 1.14. The molecule has 0 bridgehead atoms. The summed E-state index contributed by atoms with van der Waals surface area (Å²) in [6, 6.07) is 8.41. The Morgan fingerprint density at radius 3 is 2.00 bits per heavy atom. The average molecular weight is 233 g/mol. The number of aryl methyl sites for hydroxylation is 1. The Morgan fingerprint density at radius 1 is 1.25 bits per heavy atom. The van der Waals surface area contributed by atoms with E-state index in [1.807, 2.05) is 0 Å². The third-order valence-electron chi connectivity index (χ3n) is 1.14. The van der Waals surface area contributed by atoms with E-state index in [0.717, 1.165) is 6.42 Å². The molecular formula is C7H9Ce-. The van der Waals surface area contributed by atoms with E-state index in [0.29, 0.717) is 0 Å². The SMILES string of the molecule is CC[c-]1cccc1.[Ce]. The van der Waals surface area contributed by atoms with E-state index in [9.17, 15) is 0 Å². The normalized spacial score (nSPS) is 8.12. The van der Waals surface area contributed by atoms with Gasteiger partial charge in [-0.2, -0.15) is 17.7 Å². The Kier molecular flexibility index (Phi) is 5.01. The molecule has 0 amide bonds. The first-order valence-corrected chi connectivity index (χ1v) is 2.64. The quantitative estimate of drug-likeness (QED) is 0.651. The number of hydrogen-bond acceptors (Lipinski definition) is 0. The summed E-state index contributed by atoms with van der Waals surface area (Å²) in [4.78, 5) is 0. The molecule has 8 heavy (non-hydrogen) atoms. The molecule has 0 aromatic heterocycles. The molecule has 1 aromatic carbocycles. The zero-order valence-corrected chi connectivity index (χ0v) is 8.16. The van der Waals surface area contributed by atoms with Crippen LogP contribution in [-0.4, -0.2) is 0 Å². The Morgan fingerprint density at radius 2 is 1.75 bits per heavy atom. The monoisotopic (exact) mass is 233 g/mol. The van der Waals surface area contributed by atoms with Gasteiger partial charge >= 0.3 is 0 Å². The van der Waals surface area contributed by atoms with Crippen LogP contribution in [0.3, 0.4) is 0 Å². The fourth-order valence-corrected chi connectivity index (χ4v) is 0.650. The summed E-state index contributed by atoms with van der Waals surface area (Å²) in [7, 11) is 0. The van der Waals surface area contributed by atoms with E-state index in [4.69, 9.17) is 0 Å². The van der Waals surface area contributed by atoms with Gasteiger partial charge in [-0.1, -0.05) is 13.3 Å². The second-order valence-electron chi connectivity index (χ2n) is 1.65. The summed E-state index contributed by atoms with van der Waals surface area (Å²) >= 11 is 0.